The van der Waals surface area contributed by atoms with E-state index in [1.165, 1.54) is 0 Å². The summed E-state index contributed by atoms with van der Waals surface area (Å²) in [5.41, 5.74) is 1.61. The van der Waals surface area contributed by atoms with Crippen LogP contribution in [0, 0.1) is 0 Å². The number of carbonyl (C=O) groups is 2. The number of hydrogen-bond donors (Lipinski definition) is 2. The van der Waals surface area contributed by atoms with Gasteiger partial charge >= 0.3 is 0 Å². The van der Waals surface area contributed by atoms with Gasteiger partial charge in [0, 0.05) is 31.6 Å². The first kappa shape index (κ1) is 16.1. The highest BCUT2D eigenvalue weighted by atomic mass is 16.5. The standard InChI is InChI=1S/C17H19N3O4/c1-23-11-14-6-7-15(24-14)17(22)19-12-2-4-13(5-3-12)20-9-8-18-16(21)10-20/h2-7H,8-11H2,1H3,(H,18,21)(H,19,22). The van der Waals surface area contributed by atoms with Crippen LogP contribution in [-0.2, 0) is 16.1 Å². The summed E-state index contributed by atoms with van der Waals surface area (Å²) in [6, 6.07) is 10.7. The van der Waals surface area contributed by atoms with E-state index in [-0.39, 0.29) is 17.6 Å². The Bertz CT molecular complexity index is 724. The van der Waals surface area contributed by atoms with E-state index >= 15 is 0 Å². The molecule has 126 valence electrons. The Balaban J connectivity index is 1.62. The molecule has 2 aromatic rings. The molecule has 0 spiro atoms. The van der Waals surface area contributed by atoms with Crippen molar-refractivity contribution in [3.8, 4) is 0 Å². The molecular formula is C17H19N3O4. The topological polar surface area (TPSA) is 83.8 Å². The molecule has 1 aromatic heterocycles. The highest BCUT2D eigenvalue weighted by Gasteiger charge is 2.16. The zero-order valence-electron chi connectivity index (χ0n) is 13.4. The molecule has 1 saturated heterocycles. The van der Waals surface area contributed by atoms with Crippen molar-refractivity contribution in [2.75, 3.05) is 37.0 Å². The van der Waals surface area contributed by atoms with Crippen molar-refractivity contribution in [2.24, 2.45) is 0 Å². The van der Waals surface area contributed by atoms with Crippen LogP contribution < -0.4 is 15.5 Å². The van der Waals surface area contributed by atoms with Crippen LogP contribution in [-0.4, -0.2) is 38.6 Å². The third-order valence-corrected chi connectivity index (χ3v) is 3.70. The van der Waals surface area contributed by atoms with Gasteiger partial charge in [-0.25, -0.2) is 0 Å². The Morgan fingerprint density at radius 3 is 2.79 bits per heavy atom. The molecule has 7 heteroatoms. The van der Waals surface area contributed by atoms with Gasteiger partial charge in [0.25, 0.3) is 5.91 Å². The van der Waals surface area contributed by atoms with Gasteiger partial charge in [0.15, 0.2) is 5.76 Å². The molecule has 3 rings (SSSR count). The zero-order valence-corrected chi connectivity index (χ0v) is 13.4. The quantitative estimate of drug-likeness (QED) is 0.871. The summed E-state index contributed by atoms with van der Waals surface area (Å²) in [5, 5.41) is 5.57. The lowest BCUT2D eigenvalue weighted by Crippen LogP contribution is -2.47. The number of nitrogens with zero attached hydrogens (tertiary/aromatic N) is 1. The molecule has 1 aliphatic rings. The first-order valence-electron chi connectivity index (χ1n) is 7.66. The summed E-state index contributed by atoms with van der Waals surface area (Å²) < 4.78 is 10.4. The number of rotatable bonds is 5. The van der Waals surface area contributed by atoms with Crippen LogP contribution in [0.3, 0.4) is 0 Å². The molecule has 2 N–H and O–H groups in total. The van der Waals surface area contributed by atoms with Crippen LogP contribution in [0.5, 0.6) is 0 Å². The fraction of sp³-hybridized carbons (Fsp3) is 0.294. The van der Waals surface area contributed by atoms with Gasteiger partial charge < -0.3 is 24.7 Å². The van der Waals surface area contributed by atoms with E-state index in [4.69, 9.17) is 9.15 Å². The van der Waals surface area contributed by atoms with Gasteiger partial charge in [-0.05, 0) is 36.4 Å². The van der Waals surface area contributed by atoms with Crippen molar-refractivity contribution in [1.29, 1.82) is 0 Å². The van der Waals surface area contributed by atoms with Crippen LogP contribution in [0.2, 0.25) is 0 Å². The minimum Gasteiger partial charge on any atom is -0.453 e. The summed E-state index contributed by atoms with van der Waals surface area (Å²) in [7, 11) is 1.57. The lowest BCUT2D eigenvalue weighted by atomic mass is 10.2. The summed E-state index contributed by atoms with van der Waals surface area (Å²) >= 11 is 0. The average Bonchev–Trinajstić information content (AvgIpc) is 3.05. The molecule has 1 aliphatic heterocycles. The molecule has 1 aromatic carbocycles. The Morgan fingerprint density at radius 2 is 2.08 bits per heavy atom. The predicted octanol–water partition coefficient (Wildman–Crippen LogP) is 1.61. The van der Waals surface area contributed by atoms with Gasteiger partial charge in [0.2, 0.25) is 5.91 Å². The second-order valence-corrected chi connectivity index (χ2v) is 5.47. The first-order valence-corrected chi connectivity index (χ1v) is 7.66. The summed E-state index contributed by atoms with van der Waals surface area (Å²) in [5.74, 6) is 0.533. The number of methoxy groups -OCH3 is 1. The van der Waals surface area contributed by atoms with Crippen molar-refractivity contribution in [2.45, 2.75) is 6.61 Å². The highest BCUT2D eigenvalue weighted by molar-refractivity contribution is 6.02. The van der Waals surface area contributed by atoms with Gasteiger partial charge in [-0.1, -0.05) is 0 Å². The fourth-order valence-corrected chi connectivity index (χ4v) is 2.53. The number of anilines is 2. The molecule has 7 nitrogen and oxygen atoms in total. The molecule has 2 heterocycles. The second kappa shape index (κ2) is 7.18. The lowest BCUT2D eigenvalue weighted by molar-refractivity contribution is -0.120. The van der Waals surface area contributed by atoms with Gasteiger partial charge in [-0.2, -0.15) is 0 Å². The van der Waals surface area contributed by atoms with Crippen molar-refractivity contribution < 1.29 is 18.7 Å². The van der Waals surface area contributed by atoms with Gasteiger partial charge in [0.05, 0.1) is 6.54 Å². The Hall–Kier alpha value is -2.80. The monoisotopic (exact) mass is 329 g/mol. The van der Waals surface area contributed by atoms with Crippen LogP contribution in [0.15, 0.2) is 40.8 Å². The van der Waals surface area contributed by atoms with E-state index in [1.54, 1.807) is 31.4 Å². The molecule has 0 atom stereocenters. The average molecular weight is 329 g/mol. The van der Waals surface area contributed by atoms with E-state index in [2.05, 4.69) is 10.6 Å². The number of amides is 2. The van der Waals surface area contributed by atoms with Gasteiger partial charge in [-0.15, -0.1) is 0 Å². The largest absolute Gasteiger partial charge is 0.453 e. The van der Waals surface area contributed by atoms with Crippen molar-refractivity contribution in [1.82, 2.24) is 5.32 Å². The minimum atomic E-state index is -0.317. The fourth-order valence-electron chi connectivity index (χ4n) is 2.53. The van der Waals surface area contributed by atoms with E-state index in [1.807, 2.05) is 17.0 Å². The lowest BCUT2D eigenvalue weighted by Gasteiger charge is -2.28. The maximum Gasteiger partial charge on any atom is 0.291 e. The summed E-state index contributed by atoms with van der Waals surface area (Å²) in [4.78, 5) is 25.6. The number of nitrogens with one attached hydrogen (secondary N) is 2. The summed E-state index contributed by atoms with van der Waals surface area (Å²) in [6.07, 6.45) is 0. The predicted molar refractivity (Wildman–Crippen MR) is 89.0 cm³/mol. The van der Waals surface area contributed by atoms with E-state index in [0.717, 1.165) is 12.2 Å². The maximum absolute atomic E-state index is 12.2. The first-order chi connectivity index (χ1) is 11.7. The Morgan fingerprint density at radius 1 is 1.29 bits per heavy atom. The van der Waals surface area contributed by atoms with E-state index < -0.39 is 0 Å². The summed E-state index contributed by atoms with van der Waals surface area (Å²) in [6.45, 7) is 2.08. The van der Waals surface area contributed by atoms with Crippen molar-refractivity contribution in [3.63, 3.8) is 0 Å². The number of hydrogen-bond acceptors (Lipinski definition) is 5. The molecule has 0 saturated carbocycles. The number of ether oxygens (including phenoxy) is 1. The molecular weight excluding hydrogens is 310 g/mol. The molecule has 0 aliphatic carbocycles. The Labute approximate surface area is 139 Å². The van der Waals surface area contributed by atoms with Crippen LogP contribution in [0.1, 0.15) is 16.3 Å². The smallest absolute Gasteiger partial charge is 0.291 e. The normalized spacial score (nSPS) is 14.4. The second-order valence-electron chi connectivity index (χ2n) is 5.47. The van der Waals surface area contributed by atoms with Crippen LogP contribution in [0.4, 0.5) is 11.4 Å². The molecule has 2 amide bonds. The van der Waals surface area contributed by atoms with Crippen molar-refractivity contribution >= 4 is 23.2 Å². The third kappa shape index (κ3) is 3.75. The SMILES string of the molecule is COCc1ccc(C(=O)Nc2ccc(N3CCNC(=O)C3)cc2)o1. The molecule has 1 fully saturated rings. The van der Waals surface area contributed by atoms with E-state index in [9.17, 15) is 9.59 Å². The number of benzene rings is 1. The van der Waals surface area contributed by atoms with Crippen LogP contribution in [0.25, 0.3) is 0 Å². The number of piperazine rings is 1. The van der Waals surface area contributed by atoms with Crippen molar-refractivity contribution in [3.05, 3.63) is 47.9 Å². The molecule has 0 unspecified atom stereocenters. The highest BCUT2D eigenvalue weighted by Crippen LogP contribution is 2.19. The maximum atomic E-state index is 12.2. The zero-order chi connectivity index (χ0) is 16.9. The van der Waals surface area contributed by atoms with Gasteiger partial charge in [0.1, 0.15) is 12.4 Å². The Kier molecular flexibility index (Phi) is 4.81. The van der Waals surface area contributed by atoms with Crippen LogP contribution >= 0.6 is 0 Å². The van der Waals surface area contributed by atoms with Gasteiger partial charge in [-0.3, -0.25) is 9.59 Å². The molecule has 0 bridgehead atoms. The number of furan rings is 1. The van der Waals surface area contributed by atoms with E-state index in [0.29, 0.717) is 31.1 Å². The third-order valence-electron chi connectivity index (χ3n) is 3.70. The minimum absolute atomic E-state index is 0.0170. The molecule has 0 radical (unpaired) electrons. The molecule has 24 heavy (non-hydrogen) atoms. The number of carbonyl (C=O) groups excluding carboxylic acids is 2.